The maximum Gasteiger partial charge on any atom is 0.195 e. The highest BCUT2D eigenvalue weighted by Crippen LogP contribution is 2.49. The van der Waals surface area contributed by atoms with Crippen molar-refractivity contribution >= 4 is 48.9 Å². The van der Waals surface area contributed by atoms with E-state index in [-0.39, 0.29) is 5.78 Å². The van der Waals surface area contributed by atoms with Gasteiger partial charge >= 0.3 is 0 Å². The summed E-state index contributed by atoms with van der Waals surface area (Å²) >= 11 is 0. The fraction of sp³-hybridized carbons (Fsp3) is 0. The quantitative estimate of drug-likeness (QED) is 0.225. The van der Waals surface area contributed by atoms with Crippen LogP contribution in [0.15, 0.2) is 121 Å². The highest BCUT2D eigenvalue weighted by molar-refractivity contribution is 6.35. The highest BCUT2D eigenvalue weighted by atomic mass is 16.1. The monoisotopic (exact) mass is 456 g/mol. The van der Waals surface area contributed by atoms with Crippen LogP contribution in [0.3, 0.4) is 0 Å². The minimum absolute atomic E-state index is 0.120. The number of benzene rings is 7. The molecule has 8 rings (SSSR count). The van der Waals surface area contributed by atoms with Gasteiger partial charge in [0.25, 0.3) is 0 Å². The second-order valence-corrected chi connectivity index (χ2v) is 9.59. The lowest BCUT2D eigenvalue weighted by atomic mass is 9.89. The maximum atomic E-state index is 14.3. The molecule has 0 N–H and O–H groups in total. The third-order valence-corrected chi connectivity index (χ3v) is 7.78. The molecule has 1 aliphatic carbocycles. The van der Waals surface area contributed by atoms with Crippen molar-refractivity contribution in [1.82, 2.24) is 0 Å². The summed E-state index contributed by atoms with van der Waals surface area (Å²) in [4.78, 5) is 14.3. The Balaban J connectivity index is 1.52. The van der Waals surface area contributed by atoms with E-state index in [0.29, 0.717) is 0 Å². The lowest BCUT2D eigenvalue weighted by Gasteiger charge is -2.14. The molecule has 0 amide bonds. The summed E-state index contributed by atoms with van der Waals surface area (Å²) in [5.74, 6) is 0.120. The van der Waals surface area contributed by atoms with Crippen molar-refractivity contribution in [2.24, 2.45) is 0 Å². The van der Waals surface area contributed by atoms with Gasteiger partial charge in [-0.15, -0.1) is 0 Å². The molecular formula is C35H20O. The number of rotatable bonds is 1. The molecule has 0 aliphatic heterocycles. The summed E-state index contributed by atoms with van der Waals surface area (Å²) in [6.07, 6.45) is 0. The van der Waals surface area contributed by atoms with Crippen LogP contribution in [0.1, 0.15) is 15.9 Å². The van der Waals surface area contributed by atoms with Gasteiger partial charge in [0.15, 0.2) is 5.78 Å². The lowest BCUT2D eigenvalue weighted by molar-refractivity contribution is 0.104. The van der Waals surface area contributed by atoms with E-state index in [1.807, 2.05) is 6.07 Å². The average Bonchev–Trinajstić information content (AvgIpc) is 3.26. The fourth-order valence-electron chi connectivity index (χ4n) is 6.29. The predicted octanol–water partition coefficient (Wildman–Crippen LogP) is 9.18. The molecular weight excluding hydrogens is 436 g/mol. The number of hydrogen-bond acceptors (Lipinski definition) is 1. The molecule has 1 nitrogen and oxygen atoms in total. The Hall–Kier alpha value is -4.75. The number of carbonyl (C=O) groups is 1. The van der Waals surface area contributed by atoms with E-state index in [0.717, 1.165) is 49.5 Å². The molecule has 7 aromatic rings. The van der Waals surface area contributed by atoms with E-state index in [1.54, 1.807) is 0 Å². The first-order valence-corrected chi connectivity index (χ1v) is 12.3. The minimum Gasteiger partial charge on any atom is -0.289 e. The molecule has 7 aromatic carbocycles. The van der Waals surface area contributed by atoms with E-state index < -0.39 is 0 Å². The average molecular weight is 457 g/mol. The SMILES string of the molecule is O=C1c2c(-c3cc4ccccc4c4ccccc34)cccc2-c2c1c1ccccc1c1ccccc21. The van der Waals surface area contributed by atoms with Gasteiger partial charge in [-0.1, -0.05) is 115 Å². The van der Waals surface area contributed by atoms with Crippen molar-refractivity contribution in [1.29, 1.82) is 0 Å². The third-order valence-electron chi connectivity index (χ3n) is 7.78. The largest absolute Gasteiger partial charge is 0.289 e. The summed E-state index contributed by atoms with van der Waals surface area (Å²) in [5, 5.41) is 9.28. The number of hydrogen-bond donors (Lipinski definition) is 0. The molecule has 0 saturated heterocycles. The molecule has 0 atom stereocenters. The maximum absolute atomic E-state index is 14.3. The molecule has 0 unspecified atom stereocenters. The van der Waals surface area contributed by atoms with E-state index in [4.69, 9.17) is 0 Å². The van der Waals surface area contributed by atoms with Crippen molar-refractivity contribution < 1.29 is 4.79 Å². The molecule has 166 valence electrons. The molecule has 0 aromatic heterocycles. The van der Waals surface area contributed by atoms with Crippen molar-refractivity contribution in [3.05, 3.63) is 132 Å². The van der Waals surface area contributed by atoms with Crippen molar-refractivity contribution in [3.63, 3.8) is 0 Å². The van der Waals surface area contributed by atoms with Crippen LogP contribution in [0.5, 0.6) is 0 Å². The number of carbonyl (C=O) groups excluding carboxylic acids is 1. The molecule has 1 heteroatoms. The van der Waals surface area contributed by atoms with Crippen LogP contribution in [0.2, 0.25) is 0 Å². The Morgan fingerprint density at radius 3 is 1.53 bits per heavy atom. The van der Waals surface area contributed by atoms with Crippen LogP contribution in [-0.2, 0) is 0 Å². The molecule has 0 heterocycles. The summed E-state index contributed by atoms with van der Waals surface area (Å²) < 4.78 is 0. The smallest absolute Gasteiger partial charge is 0.195 e. The van der Waals surface area contributed by atoms with Crippen LogP contribution in [0, 0.1) is 0 Å². The molecule has 36 heavy (non-hydrogen) atoms. The molecule has 0 radical (unpaired) electrons. The molecule has 0 bridgehead atoms. The first-order chi connectivity index (χ1) is 17.8. The Bertz CT molecular complexity index is 2060. The second-order valence-electron chi connectivity index (χ2n) is 9.59. The molecule has 1 aliphatic rings. The summed E-state index contributed by atoms with van der Waals surface area (Å²) in [6.45, 7) is 0. The van der Waals surface area contributed by atoms with Gasteiger partial charge in [0.05, 0.1) is 0 Å². The van der Waals surface area contributed by atoms with Crippen LogP contribution >= 0.6 is 0 Å². The Labute approximate surface area is 208 Å². The fourth-order valence-corrected chi connectivity index (χ4v) is 6.29. The Morgan fingerprint density at radius 1 is 0.333 bits per heavy atom. The van der Waals surface area contributed by atoms with Gasteiger partial charge in [-0.05, 0) is 65.8 Å². The molecule has 0 spiro atoms. The molecule has 0 fully saturated rings. The normalized spacial score (nSPS) is 12.5. The van der Waals surface area contributed by atoms with Gasteiger partial charge < -0.3 is 0 Å². The van der Waals surface area contributed by atoms with E-state index in [2.05, 4.69) is 115 Å². The first-order valence-electron chi connectivity index (χ1n) is 12.3. The standard InChI is InChI=1S/C35H20O/c36-35-33-29(31-20-21-10-1-2-11-22(21)23-12-3-4-15-26(23)31)18-9-19-30(33)32-27-16-7-5-13-24(27)25-14-6-8-17-28(25)34(32)35/h1-20H. The van der Waals surface area contributed by atoms with E-state index in [1.165, 1.54) is 26.9 Å². The number of fused-ring (bicyclic) bond motifs is 11. The van der Waals surface area contributed by atoms with Crippen LogP contribution in [-0.4, -0.2) is 5.78 Å². The topological polar surface area (TPSA) is 17.1 Å². The zero-order valence-electron chi connectivity index (χ0n) is 19.5. The van der Waals surface area contributed by atoms with Gasteiger partial charge in [0.1, 0.15) is 0 Å². The zero-order valence-corrected chi connectivity index (χ0v) is 19.5. The summed E-state index contributed by atoms with van der Waals surface area (Å²) in [6, 6.07) is 42.4. The minimum atomic E-state index is 0.120. The second kappa shape index (κ2) is 7.13. The van der Waals surface area contributed by atoms with Crippen LogP contribution in [0.25, 0.3) is 65.3 Å². The Kier molecular flexibility index (Phi) is 3.87. The van der Waals surface area contributed by atoms with Gasteiger partial charge in [-0.3, -0.25) is 4.79 Å². The van der Waals surface area contributed by atoms with E-state index in [9.17, 15) is 4.79 Å². The molecule has 0 saturated carbocycles. The van der Waals surface area contributed by atoms with Gasteiger partial charge in [0, 0.05) is 16.7 Å². The van der Waals surface area contributed by atoms with Gasteiger partial charge in [0.2, 0.25) is 0 Å². The number of ketones is 1. The van der Waals surface area contributed by atoms with Crippen LogP contribution in [0.4, 0.5) is 0 Å². The zero-order chi connectivity index (χ0) is 23.8. The van der Waals surface area contributed by atoms with Crippen LogP contribution < -0.4 is 0 Å². The van der Waals surface area contributed by atoms with Gasteiger partial charge in [-0.2, -0.15) is 0 Å². The van der Waals surface area contributed by atoms with Gasteiger partial charge in [-0.25, -0.2) is 0 Å². The highest BCUT2D eigenvalue weighted by Gasteiger charge is 2.33. The Morgan fingerprint density at radius 2 is 0.833 bits per heavy atom. The first kappa shape index (κ1) is 19.5. The lowest BCUT2D eigenvalue weighted by Crippen LogP contribution is -2.00. The van der Waals surface area contributed by atoms with Crippen molar-refractivity contribution in [2.45, 2.75) is 0 Å². The van der Waals surface area contributed by atoms with Crippen molar-refractivity contribution in [2.75, 3.05) is 0 Å². The van der Waals surface area contributed by atoms with E-state index >= 15 is 0 Å². The predicted molar refractivity (Wildman–Crippen MR) is 151 cm³/mol. The van der Waals surface area contributed by atoms with Crippen molar-refractivity contribution in [3.8, 4) is 22.3 Å². The summed E-state index contributed by atoms with van der Waals surface area (Å²) in [7, 11) is 0. The third kappa shape index (κ3) is 2.47. The summed E-state index contributed by atoms with van der Waals surface area (Å²) in [5.41, 5.74) is 5.86.